The van der Waals surface area contributed by atoms with Gasteiger partial charge < -0.3 is 14.8 Å². The number of halogens is 1. The zero-order valence-electron chi connectivity index (χ0n) is 15.0. The molecular formula is C19H20ClN3O4. The molecule has 7 nitrogen and oxygen atoms in total. The van der Waals surface area contributed by atoms with Gasteiger partial charge in [-0.15, -0.1) is 0 Å². The normalized spacial score (nSPS) is 10.9. The van der Waals surface area contributed by atoms with E-state index in [9.17, 15) is 9.59 Å². The first kappa shape index (κ1) is 20.3. The molecule has 0 aliphatic heterocycles. The van der Waals surface area contributed by atoms with Gasteiger partial charge in [0.05, 0.1) is 13.5 Å². The molecule has 0 radical (unpaired) electrons. The Balaban J connectivity index is 1.74. The standard InChI is InChI=1S/C19H20ClN3O4/c1-13(10-18(24)21-16-5-3-4-15(20)11-16)22-23-19(25)27-12-14-6-8-17(26-2)9-7-14/h3-9,11H,10,12H2,1-2H3,(H,21,24)(H,23,25)/b22-13-. The number of hydrazone groups is 1. The maximum Gasteiger partial charge on any atom is 0.428 e. The molecule has 2 aromatic carbocycles. The van der Waals surface area contributed by atoms with Gasteiger partial charge in [-0.05, 0) is 42.8 Å². The van der Waals surface area contributed by atoms with Crippen molar-refractivity contribution in [3.63, 3.8) is 0 Å². The number of nitrogens with zero attached hydrogens (tertiary/aromatic N) is 1. The summed E-state index contributed by atoms with van der Waals surface area (Å²) in [4.78, 5) is 23.6. The zero-order chi connectivity index (χ0) is 19.6. The summed E-state index contributed by atoms with van der Waals surface area (Å²) in [6, 6.07) is 14.0. The van der Waals surface area contributed by atoms with Gasteiger partial charge in [0.1, 0.15) is 12.4 Å². The van der Waals surface area contributed by atoms with Crippen molar-refractivity contribution >= 4 is 35.0 Å². The highest BCUT2D eigenvalue weighted by molar-refractivity contribution is 6.30. The summed E-state index contributed by atoms with van der Waals surface area (Å²) in [5.41, 5.74) is 4.08. The summed E-state index contributed by atoms with van der Waals surface area (Å²) < 4.78 is 10.1. The Bertz CT molecular complexity index is 822. The van der Waals surface area contributed by atoms with Crippen LogP contribution < -0.4 is 15.5 Å². The first-order valence-electron chi connectivity index (χ1n) is 8.10. The number of hydrogen-bond donors (Lipinski definition) is 2. The maximum absolute atomic E-state index is 12.0. The molecule has 8 heteroatoms. The molecule has 2 N–H and O–H groups in total. The van der Waals surface area contributed by atoms with Crippen LogP contribution in [-0.2, 0) is 16.1 Å². The third-order valence-corrected chi connectivity index (χ3v) is 3.63. The van der Waals surface area contributed by atoms with Crippen LogP contribution in [0.15, 0.2) is 53.6 Å². The Hall–Kier alpha value is -3.06. The Kier molecular flexibility index (Phi) is 7.63. The van der Waals surface area contributed by atoms with Gasteiger partial charge in [-0.3, -0.25) is 4.79 Å². The minimum Gasteiger partial charge on any atom is -0.497 e. The van der Waals surface area contributed by atoms with E-state index in [4.69, 9.17) is 21.1 Å². The second kappa shape index (κ2) is 10.2. The van der Waals surface area contributed by atoms with Crippen molar-refractivity contribution in [2.24, 2.45) is 5.10 Å². The van der Waals surface area contributed by atoms with Gasteiger partial charge in [0.25, 0.3) is 0 Å². The molecule has 27 heavy (non-hydrogen) atoms. The fourth-order valence-electron chi connectivity index (χ4n) is 2.09. The van der Waals surface area contributed by atoms with Gasteiger partial charge in [0.15, 0.2) is 0 Å². The third kappa shape index (κ3) is 7.37. The van der Waals surface area contributed by atoms with E-state index >= 15 is 0 Å². The highest BCUT2D eigenvalue weighted by Gasteiger charge is 2.07. The van der Waals surface area contributed by atoms with E-state index in [0.717, 1.165) is 11.3 Å². The second-order valence-electron chi connectivity index (χ2n) is 5.62. The van der Waals surface area contributed by atoms with Crippen molar-refractivity contribution in [2.75, 3.05) is 12.4 Å². The van der Waals surface area contributed by atoms with Gasteiger partial charge in [-0.25, -0.2) is 10.2 Å². The number of hydrogen-bond acceptors (Lipinski definition) is 5. The van der Waals surface area contributed by atoms with Gasteiger partial charge in [0.2, 0.25) is 5.91 Å². The Morgan fingerprint density at radius 2 is 1.89 bits per heavy atom. The fourth-order valence-corrected chi connectivity index (χ4v) is 2.28. The predicted octanol–water partition coefficient (Wildman–Crippen LogP) is 3.98. The van der Waals surface area contributed by atoms with E-state index in [-0.39, 0.29) is 18.9 Å². The van der Waals surface area contributed by atoms with E-state index in [1.165, 1.54) is 0 Å². The molecule has 0 heterocycles. The molecule has 0 aliphatic rings. The Morgan fingerprint density at radius 1 is 1.15 bits per heavy atom. The maximum atomic E-state index is 12.0. The summed E-state index contributed by atoms with van der Waals surface area (Å²) in [7, 11) is 1.58. The van der Waals surface area contributed by atoms with Gasteiger partial charge in [0, 0.05) is 16.4 Å². The lowest BCUT2D eigenvalue weighted by Gasteiger charge is -2.07. The fraction of sp³-hybridized carbons (Fsp3) is 0.211. The van der Waals surface area contributed by atoms with E-state index < -0.39 is 6.09 Å². The van der Waals surface area contributed by atoms with Crippen LogP contribution in [0.3, 0.4) is 0 Å². The minimum atomic E-state index is -0.708. The topological polar surface area (TPSA) is 89.0 Å². The minimum absolute atomic E-state index is 0.0191. The average Bonchev–Trinajstić information content (AvgIpc) is 2.65. The summed E-state index contributed by atoms with van der Waals surface area (Å²) in [5, 5.41) is 7.07. The lowest BCUT2D eigenvalue weighted by atomic mass is 10.2. The number of methoxy groups -OCH3 is 1. The zero-order valence-corrected chi connectivity index (χ0v) is 15.7. The molecule has 0 bridgehead atoms. The number of ether oxygens (including phenoxy) is 2. The molecule has 0 fully saturated rings. The van der Waals surface area contributed by atoms with Crippen LogP contribution in [-0.4, -0.2) is 24.8 Å². The monoisotopic (exact) mass is 389 g/mol. The Morgan fingerprint density at radius 3 is 2.56 bits per heavy atom. The van der Waals surface area contributed by atoms with Crippen molar-refractivity contribution in [1.82, 2.24) is 5.43 Å². The van der Waals surface area contributed by atoms with Gasteiger partial charge in [-0.2, -0.15) is 5.10 Å². The number of carbonyl (C=O) groups excluding carboxylic acids is 2. The van der Waals surface area contributed by atoms with Crippen LogP contribution >= 0.6 is 11.6 Å². The molecule has 0 unspecified atom stereocenters. The number of benzene rings is 2. The van der Waals surface area contributed by atoms with Gasteiger partial charge in [-0.1, -0.05) is 29.8 Å². The molecule has 0 saturated heterocycles. The molecule has 2 rings (SSSR count). The molecule has 0 aromatic heterocycles. The van der Waals surface area contributed by atoms with Crippen LogP contribution in [0.2, 0.25) is 5.02 Å². The Labute approximate surface area is 162 Å². The average molecular weight is 390 g/mol. The SMILES string of the molecule is COc1ccc(COC(=O)N/N=C(/C)CC(=O)Nc2cccc(Cl)c2)cc1. The van der Waals surface area contributed by atoms with E-state index in [1.807, 2.05) is 0 Å². The van der Waals surface area contributed by atoms with Crippen LogP contribution in [0.25, 0.3) is 0 Å². The largest absolute Gasteiger partial charge is 0.497 e. The third-order valence-electron chi connectivity index (χ3n) is 3.39. The molecular weight excluding hydrogens is 370 g/mol. The molecule has 2 aromatic rings. The lowest BCUT2D eigenvalue weighted by molar-refractivity contribution is -0.115. The number of amides is 2. The number of anilines is 1. The van der Waals surface area contributed by atoms with Gasteiger partial charge >= 0.3 is 6.09 Å². The van der Waals surface area contributed by atoms with Crippen LogP contribution in [0.1, 0.15) is 18.9 Å². The summed E-state index contributed by atoms with van der Waals surface area (Å²) in [5.74, 6) is 0.450. The van der Waals surface area contributed by atoms with Crippen molar-refractivity contribution in [2.45, 2.75) is 20.0 Å². The first-order valence-corrected chi connectivity index (χ1v) is 8.48. The second-order valence-corrected chi connectivity index (χ2v) is 6.05. The van der Waals surface area contributed by atoms with E-state index in [1.54, 1.807) is 62.6 Å². The lowest BCUT2D eigenvalue weighted by Crippen LogP contribution is -2.22. The summed E-state index contributed by atoms with van der Waals surface area (Å²) in [6.07, 6.45) is -0.689. The molecule has 2 amide bonds. The number of nitrogens with one attached hydrogen (secondary N) is 2. The predicted molar refractivity (Wildman–Crippen MR) is 104 cm³/mol. The number of rotatable bonds is 7. The van der Waals surface area contributed by atoms with E-state index in [0.29, 0.717) is 16.4 Å². The molecule has 0 saturated carbocycles. The highest BCUT2D eigenvalue weighted by Crippen LogP contribution is 2.15. The quantitative estimate of drug-likeness (QED) is 0.553. The summed E-state index contributed by atoms with van der Waals surface area (Å²) >= 11 is 5.87. The molecule has 0 spiro atoms. The van der Waals surface area contributed by atoms with Crippen molar-refractivity contribution < 1.29 is 19.1 Å². The van der Waals surface area contributed by atoms with E-state index in [2.05, 4.69) is 15.8 Å². The van der Waals surface area contributed by atoms with Crippen molar-refractivity contribution in [3.8, 4) is 5.75 Å². The van der Waals surface area contributed by atoms with Crippen LogP contribution in [0, 0.1) is 0 Å². The molecule has 142 valence electrons. The molecule has 0 aliphatic carbocycles. The first-order chi connectivity index (χ1) is 13.0. The van der Waals surface area contributed by atoms with Crippen molar-refractivity contribution in [1.29, 1.82) is 0 Å². The van der Waals surface area contributed by atoms with Crippen molar-refractivity contribution in [3.05, 3.63) is 59.1 Å². The number of carbonyl (C=O) groups is 2. The molecule has 0 atom stereocenters. The smallest absolute Gasteiger partial charge is 0.428 e. The van der Waals surface area contributed by atoms with Crippen LogP contribution in [0.4, 0.5) is 10.5 Å². The van der Waals surface area contributed by atoms with Crippen LogP contribution in [0.5, 0.6) is 5.75 Å². The highest BCUT2D eigenvalue weighted by atomic mass is 35.5. The summed E-state index contributed by atoms with van der Waals surface area (Å²) in [6.45, 7) is 1.72.